The lowest BCUT2D eigenvalue weighted by atomic mass is 10.1. The molecule has 2 fully saturated rings. The summed E-state index contributed by atoms with van der Waals surface area (Å²) in [7, 11) is 1.59. The molecular formula is C23H34FN3O3. The second kappa shape index (κ2) is 11.4. The molecule has 1 saturated carbocycles. The van der Waals surface area contributed by atoms with Crippen molar-refractivity contribution in [1.29, 1.82) is 0 Å². The molecule has 1 saturated heterocycles. The molecule has 0 unspecified atom stereocenters. The molecule has 2 N–H and O–H groups in total. The lowest BCUT2D eigenvalue weighted by molar-refractivity contribution is -0.123. The molecule has 2 atom stereocenters. The number of nitrogens with zero attached hydrogens (tertiary/aromatic N) is 1. The third kappa shape index (κ3) is 7.36. The zero-order valence-electron chi connectivity index (χ0n) is 17.9. The van der Waals surface area contributed by atoms with Crippen LogP contribution in [0.25, 0.3) is 0 Å². The molecule has 2 aliphatic rings. The van der Waals surface area contributed by atoms with Gasteiger partial charge in [0.05, 0.1) is 6.61 Å². The third-order valence-corrected chi connectivity index (χ3v) is 6.05. The van der Waals surface area contributed by atoms with Gasteiger partial charge in [0.2, 0.25) is 11.8 Å². The Bertz CT molecular complexity index is 711. The van der Waals surface area contributed by atoms with E-state index < -0.39 is 0 Å². The normalized spacial score (nSPS) is 21.5. The van der Waals surface area contributed by atoms with E-state index in [-0.39, 0.29) is 23.7 Å². The van der Waals surface area contributed by atoms with Gasteiger partial charge in [-0.3, -0.25) is 14.5 Å². The van der Waals surface area contributed by atoms with Gasteiger partial charge in [0, 0.05) is 51.7 Å². The van der Waals surface area contributed by atoms with Gasteiger partial charge in [-0.25, -0.2) is 4.39 Å². The summed E-state index contributed by atoms with van der Waals surface area (Å²) < 4.78 is 18.2. The van der Waals surface area contributed by atoms with Crippen LogP contribution in [0.2, 0.25) is 0 Å². The van der Waals surface area contributed by atoms with Gasteiger partial charge in [0.25, 0.3) is 0 Å². The zero-order chi connectivity index (χ0) is 21.3. The molecule has 0 aromatic heterocycles. The number of carbonyl (C=O) groups is 2. The zero-order valence-corrected chi connectivity index (χ0v) is 17.9. The molecule has 0 bridgehead atoms. The standard InChI is InChI=1S/C23H34FN3O3/c1-30-12-10-22(28)26-15-21-8-7-20(27(21)16-18-5-6-18)14-23(29)25-11-9-17-3-2-4-19(24)13-17/h2-4,13,18,20-21H,5-12,14-16H2,1H3,(H,25,29)(H,26,28)/t20-,21+/m1/s1. The van der Waals surface area contributed by atoms with Crippen LogP contribution in [0.15, 0.2) is 24.3 Å². The highest BCUT2D eigenvalue weighted by molar-refractivity contribution is 5.77. The smallest absolute Gasteiger partial charge is 0.222 e. The molecule has 166 valence electrons. The van der Waals surface area contributed by atoms with Crippen LogP contribution in [-0.2, 0) is 20.7 Å². The van der Waals surface area contributed by atoms with Crippen LogP contribution in [0.4, 0.5) is 4.39 Å². The van der Waals surface area contributed by atoms with Crippen molar-refractivity contribution in [2.24, 2.45) is 5.92 Å². The number of amides is 2. The molecule has 0 spiro atoms. The number of methoxy groups -OCH3 is 1. The number of ether oxygens (including phenoxy) is 1. The number of likely N-dealkylation sites (tertiary alicyclic amines) is 1. The number of benzene rings is 1. The first-order valence-electron chi connectivity index (χ1n) is 11.1. The van der Waals surface area contributed by atoms with Gasteiger partial charge >= 0.3 is 0 Å². The van der Waals surface area contributed by atoms with Crippen molar-refractivity contribution in [3.05, 3.63) is 35.6 Å². The summed E-state index contributed by atoms with van der Waals surface area (Å²) in [6.45, 7) is 2.59. The van der Waals surface area contributed by atoms with Gasteiger partial charge < -0.3 is 15.4 Å². The quantitative estimate of drug-likeness (QED) is 0.545. The van der Waals surface area contributed by atoms with E-state index in [1.807, 2.05) is 6.07 Å². The fourth-order valence-electron chi connectivity index (χ4n) is 4.19. The molecule has 7 heteroatoms. The highest BCUT2D eigenvalue weighted by Gasteiger charge is 2.37. The maximum absolute atomic E-state index is 13.3. The maximum Gasteiger partial charge on any atom is 0.222 e. The maximum atomic E-state index is 13.3. The van der Waals surface area contributed by atoms with Crippen molar-refractivity contribution in [2.75, 3.05) is 33.4 Å². The predicted molar refractivity (Wildman–Crippen MR) is 113 cm³/mol. The summed E-state index contributed by atoms with van der Waals surface area (Å²) in [6, 6.07) is 7.01. The van der Waals surface area contributed by atoms with E-state index in [4.69, 9.17) is 4.74 Å². The van der Waals surface area contributed by atoms with Gasteiger partial charge in [-0.1, -0.05) is 12.1 Å². The van der Waals surface area contributed by atoms with Crippen molar-refractivity contribution in [1.82, 2.24) is 15.5 Å². The Hall–Kier alpha value is -1.99. The van der Waals surface area contributed by atoms with E-state index in [1.165, 1.54) is 25.0 Å². The second-order valence-electron chi connectivity index (χ2n) is 8.51. The Kier molecular flexibility index (Phi) is 8.63. The minimum absolute atomic E-state index is 0.0155. The Morgan fingerprint density at radius 2 is 1.93 bits per heavy atom. The summed E-state index contributed by atoms with van der Waals surface area (Å²) in [4.78, 5) is 26.9. The number of carbonyl (C=O) groups excluding carboxylic acids is 2. The van der Waals surface area contributed by atoms with Gasteiger partial charge in [-0.05, 0) is 55.7 Å². The van der Waals surface area contributed by atoms with Gasteiger partial charge in [0.1, 0.15) is 5.82 Å². The van der Waals surface area contributed by atoms with E-state index in [0.29, 0.717) is 45.0 Å². The van der Waals surface area contributed by atoms with Crippen molar-refractivity contribution < 1.29 is 18.7 Å². The van der Waals surface area contributed by atoms with Gasteiger partial charge in [0.15, 0.2) is 0 Å². The Morgan fingerprint density at radius 1 is 1.13 bits per heavy atom. The van der Waals surface area contributed by atoms with E-state index >= 15 is 0 Å². The average molecular weight is 420 g/mol. The number of hydrogen-bond donors (Lipinski definition) is 2. The molecule has 2 amide bonds. The SMILES string of the molecule is COCCC(=O)NC[C@@H]1CC[C@H](CC(=O)NCCc2cccc(F)c2)N1CC1CC1. The molecule has 1 aromatic carbocycles. The first kappa shape index (κ1) is 22.7. The minimum Gasteiger partial charge on any atom is -0.384 e. The summed E-state index contributed by atoms with van der Waals surface area (Å²) in [5.41, 5.74) is 0.885. The molecule has 3 rings (SSSR count). The van der Waals surface area contributed by atoms with Crippen molar-refractivity contribution >= 4 is 11.8 Å². The molecular weight excluding hydrogens is 385 g/mol. The van der Waals surface area contributed by atoms with E-state index in [2.05, 4.69) is 15.5 Å². The van der Waals surface area contributed by atoms with Crippen LogP contribution >= 0.6 is 0 Å². The van der Waals surface area contributed by atoms with Crippen molar-refractivity contribution in [3.8, 4) is 0 Å². The van der Waals surface area contributed by atoms with Crippen LogP contribution in [0.3, 0.4) is 0 Å². The second-order valence-corrected chi connectivity index (χ2v) is 8.51. The summed E-state index contributed by atoms with van der Waals surface area (Å²) in [5.74, 6) is 0.540. The Balaban J connectivity index is 1.44. The minimum atomic E-state index is -0.249. The Morgan fingerprint density at radius 3 is 2.67 bits per heavy atom. The number of nitrogens with one attached hydrogen (secondary N) is 2. The predicted octanol–water partition coefficient (Wildman–Crippen LogP) is 2.27. The summed E-state index contributed by atoms with van der Waals surface area (Å²) in [6.07, 6.45) is 5.97. The van der Waals surface area contributed by atoms with Gasteiger partial charge in [-0.15, -0.1) is 0 Å². The van der Waals surface area contributed by atoms with Crippen LogP contribution in [0.1, 0.15) is 44.1 Å². The van der Waals surface area contributed by atoms with E-state index in [1.54, 1.807) is 13.2 Å². The summed E-state index contributed by atoms with van der Waals surface area (Å²) in [5, 5.41) is 6.01. The van der Waals surface area contributed by atoms with Crippen molar-refractivity contribution in [3.63, 3.8) is 0 Å². The molecule has 1 aliphatic heterocycles. The molecule has 30 heavy (non-hydrogen) atoms. The first-order valence-corrected chi connectivity index (χ1v) is 11.1. The fraction of sp³-hybridized carbons (Fsp3) is 0.652. The van der Waals surface area contributed by atoms with Gasteiger partial charge in [-0.2, -0.15) is 0 Å². The van der Waals surface area contributed by atoms with Crippen LogP contribution < -0.4 is 10.6 Å². The Labute approximate surface area is 178 Å². The average Bonchev–Trinajstić information content (AvgIpc) is 3.47. The monoisotopic (exact) mass is 419 g/mol. The molecule has 0 radical (unpaired) electrons. The fourth-order valence-corrected chi connectivity index (χ4v) is 4.19. The highest BCUT2D eigenvalue weighted by Crippen LogP contribution is 2.35. The van der Waals surface area contributed by atoms with Crippen LogP contribution in [-0.4, -0.2) is 62.1 Å². The van der Waals surface area contributed by atoms with E-state index in [9.17, 15) is 14.0 Å². The van der Waals surface area contributed by atoms with E-state index in [0.717, 1.165) is 30.9 Å². The summed E-state index contributed by atoms with van der Waals surface area (Å²) >= 11 is 0. The lowest BCUT2D eigenvalue weighted by Crippen LogP contribution is -2.45. The largest absolute Gasteiger partial charge is 0.384 e. The molecule has 1 aliphatic carbocycles. The van der Waals surface area contributed by atoms with Crippen molar-refractivity contribution in [2.45, 2.75) is 57.0 Å². The number of hydrogen-bond acceptors (Lipinski definition) is 4. The third-order valence-electron chi connectivity index (χ3n) is 6.05. The first-order chi connectivity index (χ1) is 14.5. The topological polar surface area (TPSA) is 70.7 Å². The van der Waals surface area contributed by atoms with Crippen LogP contribution in [0, 0.1) is 11.7 Å². The lowest BCUT2D eigenvalue weighted by Gasteiger charge is -2.30. The highest BCUT2D eigenvalue weighted by atomic mass is 19.1. The molecule has 1 aromatic rings. The number of rotatable bonds is 12. The molecule has 1 heterocycles. The molecule has 6 nitrogen and oxygen atoms in total. The van der Waals surface area contributed by atoms with Crippen LogP contribution in [0.5, 0.6) is 0 Å². The number of halogens is 1.